The van der Waals surface area contributed by atoms with Gasteiger partial charge in [0.1, 0.15) is 17.9 Å². The van der Waals surface area contributed by atoms with Crippen molar-refractivity contribution in [1.29, 1.82) is 0 Å². The van der Waals surface area contributed by atoms with Crippen LogP contribution in [0.3, 0.4) is 0 Å². The number of hydrogen-bond donors (Lipinski definition) is 2. The molecule has 2 N–H and O–H groups in total. The third kappa shape index (κ3) is 2.35. The number of nitro groups is 1. The first-order chi connectivity index (χ1) is 16.2. The van der Waals surface area contributed by atoms with Crippen molar-refractivity contribution < 1.29 is 24.2 Å². The number of halogens is 1. The summed E-state index contributed by atoms with van der Waals surface area (Å²) in [5, 5.41) is 14.8. The van der Waals surface area contributed by atoms with E-state index in [4.69, 9.17) is 11.6 Å². The van der Waals surface area contributed by atoms with Gasteiger partial charge in [0, 0.05) is 24.5 Å². The highest BCUT2D eigenvalue weighted by atomic mass is 35.5. The molecule has 4 heterocycles. The van der Waals surface area contributed by atoms with Gasteiger partial charge in [-0.15, -0.1) is 0 Å². The zero-order chi connectivity index (χ0) is 24.1. The summed E-state index contributed by atoms with van der Waals surface area (Å²) in [5.41, 5.74) is 1.05. The fraction of sp³-hybridized carbons (Fsp3) is 0.375. The maximum absolute atomic E-state index is 14.1. The van der Waals surface area contributed by atoms with Crippen molar-refractivity contribution in [3.8, 4) is 0 Å². The zero-order valence-corrected chi connectivity index (χ0v) is 19.3. The number of aryl methyl sites for hydroxylation is 1. The van der Waals surface area contributed by atoms with E-state index in [2.05, 4.69) is 5.32 Å². The molecule has 4 aliphatic heterocycles. The molecule has 4 aliphatic rings. The molecule has 5 atom stereocenters. The average Bonchev–Trinajstić information content (AvgIpc) is 3.48. The number of anilines is 2. The van der Waals surface area contributed by atoms with Crippen molar-refractivity contribution in [3.63, 3.8) is 0 Å². The number of nitrogens with zero attached hydrogens (tertiary/aromatic N) is 2. The van der Waals surface area contributed by atoms with Crippen LogP contribution in [0.4, 0.5) is 17.1 Å². The van der Waals surface area contributed by atoms with Crippen LogP contribution in [-0.2, 0) is 19.9 Å². The predicted molar refractivity (Wildman–Crippen MR) is 123 cm³/mol. The van der Waals surface area contributed by atoms with Crippen LogP contribution in [0.25, 0.3) is 0 Å². The second-order valence-electron chi connectivity index (χ2n) is 9.65. The van der Waals surface area contributed by atoms with E-state index in [1.807, 2.05) is 13.0 Å². The molecule has 0 aliphatic carbocycles. The van der Waals surface area contributed by atoms with E-state index < -0.39 is 28.2 Å². The number of fused-ring (bicyclic) bond motifs is 7. The van der Waals surface area contributed by atoms with Crippen LogP contribution in [0.5, 0.6) is 0 Å². The first-order valence-corrected chi connectivity index (χ1v) is 11.7. The molecular formula is C24H22ClN4O5+. The Balaban J connectivity index is 1.57. The summed E-state index contributed by atoms with van der Waals surface area (Å²) in [6.07, 6.45) is 1.56. The number of nitro benzene ring substituents is 1. The highest BCUT2D eigenvalue weighted by Gasteiger charge is 2.78. The van der Waals surface area contributed by atoms with Gasteiger partial charge in [0.25, 0.3) is 11.6 Å². The lowest BCUT2D eigenvalue weighted by molar-refractivity contribution is -0.948. The van der Waals surface area contributed by atoms with Gasteiger partial charge in [0.05, 0.1) is 33.4 Å². The Morgan fingerprint density at radius 1 is 1.21 bits per heavy atom. The van der Waals surface area contributed by atoms with Crippen LogP contribution in [0.2, 0.25) is 5.02 Å². The number of carbonyl (C=O) groups is 3. The molecule has 3 saturated heterocycles. The largest absolute Gasteiger partial charge is 0.318 e. The lowest BCUT2D eigenvalue weighted by Crippen LogP contribution is -3.19. The van der Waals surface area contributed by atoms with E-state index in [0.29, 0.717) is 22.8 Å². The second-order valence-corrected chi connectivity index (χ2v) is 10.1. The average molecular weight is 482 g/mol. The first kappa shape index (κ1) is 21.2. The summed E-state index contributed by atoms with van der Waals surface area (Å²) >= 11 is 6.50. The van der Waals surface area contributed by atoms with Crippen molar-refractivity contribution in [2.24, 2.45) is 11.8 Å². The smallest absolute Gasteiger partial charge is 0.291 e. The summed E-state index contributed by atoms with van der Waals surface area (Å²) in [7, 11) is 0. The van der Waals surface area contributed by atoms with E-state index in [1.54, 1.807) is 12.1 Å². The van der Waals surface area contributed by atoms with Crippen molar-refractivity contribution in [2.75, 3.05) is 16.8 Å². The molecule has 9 nitrogen and oxygen atoms in total. The van der Waals surface area contributed by atoms with Crippen molar-refractivity contribution in [1.82, 2.24) is 0 Å². The van der Waals surface area contributed by atoms with Gasteiger partial charge in [0.15, 0.2) is 0 Å². The predicted octanol–water partition coefficient (Wildman–Crippen LogP) is 1.88. The third-order valence-electron chi connectivity index (χ3n) is 8.14. The topological polar surface area (TPSA) is 114 Å². The highest BCUT2D eigenvalue weighted by molar-refractivity contribution is 6.35. The SMILES string of the molecule is Cc1cc(Cl)c2c(c1)[C@@]1(C(=O)N2)[C@@H]2C(=O)N(c3cccc([N+](=O)[O-])c3C)C(=O)[C@@H]2[C@@H]2CCC[NH+]21. The Labute approximate surface area is 199 Å². The lowest BCUT2D eigenvalue weighted by Gasteiger charge is -2.33. The molecule has 0 aromatic heterocycles. The van der Waals surface area contributed by atoms with Crippen LogP contribution >= 0.6 is 11.6 Å². The number of carbonyl (C=O) groups excluding carboxylic acids is 3. The van der Waals surface area contributed by atoms with E-state index in [-0.39, 0.29) is 34.8 Å². The fourth-order valence-electron chi connectivity index (χ4n) is 6.94. The summed E-state index contributed by atoms with van der Waals surface area (Å²) in [4.78, 5) is 54.6. The van der Waals surface area contributed by atoms with E-state index >= 15 is 0 Å². The van der Waals surface area contributed by atoms with Gasteiger partial charge in [-0.25, -0.2) is 4.90 Å². The molecule has 2 aromatic rings. The number of imide groups is 1. The molecule has 2 aromatic carbocycles. The number of rotatable bonds is 2. The summed E-state index contributed by atoms with van der Waals surface area (Å²) in [6, 6.07) is 7.83. The monoisotopic (exact) mass is 481 g/mol. The maximum Gasteiger partial charge on any atom is 0.291 e. The number of quaternary nitrogens is 1. The Bertz CT molecular complexity index is 1340. The minimum atomic E-state index is -1.26. The van der Waals surface area contributed by atoms with Crippen molar-refractivity contribution in [2.45, 2.75) is 38.3 Å². The van der Waals surface area contributed by atoms with Gasteiger partial charge < -0.3 is 10.2 Å². The second kappa shape index (κ2) is 6.86. The van der Waals surface area contributed by atoms with E-state index in [1.165, 1.54) is 19.1 Å². The molecule has 3 amide bonds. The van der Waals surface area contributed by atoms with E-state index in [9.17, 15) is 24.5 Å². The Morgan fingerprint density at radius 3 is 2.71 bits per heavy atom. The summed E-state index contributed by atoms with van der Waals surface area (Å²) in [6.45, 7) is 4.09. The van der Waals surface area contributed by atoms with Gasteiger partial charge in [-0.1, -0.05) is 17.7 Å². The standard InChI is InChI=1S/C24H21ClN4O5/c1-11-9-13-20(14(25)10-11)26-23(32)24(13)19-18(17-7-4-8-27(17)24)21(30)28(22(19)31)15-5-3-6-16(12(15)2)29(33)34/h3,5-6,9-10,17-19H,4,7-8H2,1-2H3,(H,26,32)/p+1/t17-,18+,19-,24-/m0/s1. The van der Waals surface area contributed by atoms with E-state index in [0.717, 1.165) is 28.2 Å². The normalized spacial score (nSPS) is 31.1. The number of hydrogen-bond acceptors (Lipinski definition) is 5. The molecule has 1 spiro atoms. The third-order valence-corrected chi connectivity index (χ3v) is 8.43. The van der Waals surface area contributed by atoms with Gasteiger partial charge in [-0.05, 0) is 37.6 Å². The summed E-state index contributed by atoms with van der Waals surface area (Å²) < 4.78 is 0. The molecule has 3 fully saturated rings. The molecule has 0 saturated carbocycles. The number of nitrogens with one attached hydrogen (secondary N) is 2. The van der Waals surface area contributed by atoms with Crippen molar-refractivity contribution >= 4 is 46.4 Å². The van der Waals surface area contributed by atoms with Crippen LogP contribution < -0.4 is 15.1 Å². The van der Waals surface area contributed by atoms with Gasteiger partial charge in [0.2, 0.25) is 17.4 Å². The van der Waals surface area contributed by atoms with Crippen LogP contribution in [0.1, 0.15) is 29.5 Å². The maximum atomic E-state index is 14.1. The Kier molecular flexibility index (Phi) is 4.29. The Morgan fingerprint density at radius 2 is 1.97 bits per heavy atom. The molecular weight excluding hydrogens is 460 g/mol. The van der Waals surface area contributed by atoms with Crippen LogP contribution in [-0.4, -0.2) is 35.2 Å². The van der Waals surface area contributed by atoms with Crippen molar-refractivity contribution in [3.05, 3.63) is 62.2 Å². The molecule has 1 unspecified atom stereocenters. The molecule has 174 valence electrons. The first-order valence-electron chi connectivity index (χ1n) is 11.3. The van der Waals surface area contributed by atoms with Crippen LogP contribution in [0, 0.1) is 35.8 Å². The lowest BCUT2D eigenvalue weighted by atomic mass is 9.75. The number of amides is 3. The molecule has 0 bridgehead atoms. The number of benzene rings is 2. The molecule has 0 radical (unpaired) electrons. The Hall–Kier alpha value is -3.30. The molecule has 10 heteroatoms. The van der Waals surface area contributed by atoms with Gasteiger partial charge in [-0.3, -0.25) is 24.5 Å². The summed E-state index contributed by atoms with van der Waals surface area (Å²) in [5.74, 6) is -2.78. The van der Waals surface area contributed by atoms with Crippen LogP contribution in [0.15, 0.2) is 30.3 Å². The highest BCUT2D eigenvalue weighted by Crippen LogP contribution is 2.54. The molecule has 6 rings (SSSR count). The fourth-order valence-corrected chi connectivity index (χ4v) is 7.26. The quantitative estimate of drug-likeness (QED) is 0.386. The van der Waals surface area contributed by atoms with Gasteiger partial charge in [-0.2, -0.15) is 0 Å². The zero-order valence-electron chi connectivity index (χ0n) is 18.6. The minimum absolute atomic E-state index is 0.163. The minimum Gasteiger partial charge on any atom is -0.318 e. The van der Waals surface area contributed by atoms with Gasteiger partial charge >= 0.3 is 0 Å². The molecule has 34 heavy (non-hydrogen) atoms.